The molecule has 0 amide bonds. The maximum absolute atomic E-state index is 9.24. The highest BCUT2D eigenvalue weighted by atomic mass is 15.6. The highest BCUT2D eigenvalue weighted by Gasteiger charge is 2.20. The molecule has 0 radical (unpaired) electrons. The van der Waals surface area contributed by atoms with Crippen molar-refractivity contribution in [3.05, 3.63) is 42.0 Å². The number of fused-ring (bicyclic) bond motifs is 1. The molecular weight excluding hydrogens is 292 g/mol. The third-order valence-corrected chi connectivity index (χ3v) is 4.02. The summed E-state index contributed by atoms with van der Waals surface area (Å²) in [7, 11) is 0. The Labute approximate surface area is 132 Å². The largest absolute Gasteiger partial charge is 0.367 e. The minimum Gasteiger partial charge on any atom is -0.367 e. The van der Waals surface area contributed by atoms with Gasteiger partial charge in [-0.25, -0.2) is 0 Å². The molecule has 0 N–H and O–H groups in total. The SMILES string of the molecule is N#Cc1ccccc1N1CCN(c2ccc3nnnn3n2)CC1. The first kappa shape index (κ1) is 13.5. The van der Waals surface area contributed by atoms with Crippen molar-refractivity contribution in [1.82, 2.24) is 25.3 Å². The third-order valence-electron chi connectivity index (χ3n) is 4.02. The van der Waals surface area contributed by atoms with Crippen molar-refractivity contribution in [2.75, 3.05) is 36.0 Å². The van der Waals surface area contributed by atoms with Gasteiger partial charge in [-0.3, -0.25) is 0 Å². The lowest BCUT2D eigenvalue weighted by molar-refractivity contribution is 0.632. The fourth-order valence-corrected chi connectivity index (χ4v) is 2.83. The zero-order valence-electron chi connectivity index (χ0n) is 12.4. The molecule has 0 bridgehead atoms. The molecule has 1 aliphatic rings. The van der Waals surface area contributed by atoms with Gasteiger partial charge in [-0.1, -0.05) is 12.1 Å². The van der Waals surface area contributed by atoms with Gasteiger partial charge in [0.05, 0.1) is 11.3 Å². The average Bonchev–Trinajstić information content (AvgIpc) is 3.09. The number of benzene rings is 1. The molecule has 8 nitrogen and oxygen atoms in total. The molecule has 1 saturated heterocycles. The molecule has 3 heterocycles. The van der Waals surface area contributed by atoms with Gasteiger partial charge in [0.15, 0.2) is 11.5 Å². The topological polar surface area (TPSA) is 86.2 Å². The molecule has 0 unspecified atom stereocenters. The average molecular weight is 306 g/mol. The third kappa shape index (κ3) is 2.42. The van der Waals surface area contributed by atoms with Crippen LogP contribution < -0.4 is 9.80 Å². The summed E-state index contributed by atoms with van der Waals surface area (Å²) in [5, 5.41) is 25.0. The van der Waals surface area contributed by atoms with Crippen LogP contribution in [-0.4, -0.2) is 51.4 Å². The number of nitriles is 1. The Morgan fingerprint density at radius 1 is 0.957 bits per heavy atom. The molecule has 4 rings (SSSR count). The van der Waals surface area contributed by atoms with E-state index >= 15 is 0 Å². The quantitative estimate of drug-likeness (QED) is 0.689. The summed E-state index contributed by atoms with van der Waals surface area (Å²) in [6.07, 6.45) is 0. The minimum absolute atomic E-state index is 0.635. The van der Waals surface area contributed by atoms with Crippen LogP contribution in [0.25, 0.3) is 5.65 Å². The Kier molecular flexibility index (Phi) is 3.24. The Morgan fingerprint density at radius 3 is 2.57 bits per heavy atom. The maximum Gasteiger partial charge on any atom is 0.200 e. The first-order valence-corrected chi connectivity index (χ1v) is 7.39. The molecule has 0 saturated carbocycles. The van der Waals surface area contributed by atoms with Gasteiger partial charge in [0.25, 0.3) is 0 Å². The van der Waals surface area contributed by atoms with E-state index < -0.39 is 0 Å². The second kappa shape index (κ2) is 5.53. The van der Waals surface area contributed by atoms with Crippen LogP contribution in [0.1, 0.15) is 5.56 Å². The molecule has 8 heteroatoms. The van der Waals surface area contributed by atoms with Crippen molar-refractivity contribution < 1.29 is 0 Å². The van der Waals surface area contributed by atoms with Crippen molar-refractivity contribution >= 4 is 17.2 Å². The Bertz CT molecular complexity index is 872. The molecule has 0 atom stereocenters. The monoisotopic (exact) mass is 306 g/mol. The number of aromatic nitrogens is 5. The summed E-state index contributed by atoms with van der Waals surface area (Å²) >= 11 is 0. The van der Waals surface area contributed by atoms with Crippen molar-refractivity contribution in [3.8, 4) is 6.07 Å². The molecule has 0 spiro atoms. The van der Waals surface area contributed by atoms with E-state index in [1.165, 1.54) is 4.63 Å². The Morgan fingerprint density at radius 2 is 1.74 bits per heavy atom. The van der Waals surface area contributed by atoms with E-state index in [2.05, 4.69) is 36.5 Å². The smallest absolute Gasteiger partial charge is 0.200 e. The number of nitrogens with zero attached hydrogens (tertiary/aromatic N) is 8. The number of anilines is 2. The minimum atomic E-state index is 0.635. The zero-order valence-corrected chi connectivity index (χ0v) is 12.4. The van der Waals surface area contributed by atoms with Crippen molar-refractivity contribution in [3.63, 3.8) is 0 Å². The van der Waals surface area contributed by atoms with Crippen molar-refractivity contribution in [1.29, 1.82) is 5.26 Å². The summed E-state index contributed by atoms with van der Waals surface area (Å²) in [6, 6.07) is 13.8. The van der Waals surface area contributed by atoms with Gasteiger partial charge in [-0.05, 0) is 34.7 Å². The number of hydrogen-bond donors (Lipinski definition) is 0. The molecule has 3 aromatic rings. The summed E-state index contributed by atoms with van der Waals surface area (Å²) < 4.78 is 1.44. The second-order valence-electron chi connectivity index (χ2n) is 5.32. The number of piperazine rings is 1. The second-order valence-corrected chi connectivity index (χ2v) is 5.32. The predicted molar refractivity (Wildman–Crippen MR) is 84.2 cm³/mol. The molecule has 114 valence electrons. The number of hydrogen-bond acceptors (Lipinski definition) is 7. The first-order chi connectivity index (χ1) is 11.3. The number of para-hydroxylation sites is 1. The van der Waals surface area contributed by atoms with Crippen LogP contribution in [0, 0.1) is 11.3 Å². The van der Waals surface area contributed by atoms with E-state index in [-0.39, 0.29) is 0 Å². The lowest BCUT2D eigenvalue weighted by Crippen LogP contribution is -2.47. The summed E-state index contributed by atoms with van der Waals surface area (Å²) in [4.78, 5) is 4.44. The number of tetrazole rings is 1. The van der Waals surface area contributed by atoms with Gasteiger partial charge in [0.1, 0.15) is 6.07 Å². The van der Waals surface area contributed by atoms with E-state index in [1.807, 2.05) is 36.4 Å². The summed E-state index contributed by atoms with van der Waals surface area (Å²) in [5.41, 5.74) is 2.35. The van der Waals surface area contributed by atoms with Crippen LogP contribution in [0.15, 0.2) is 36.4 Å². The fraction of sp³-hybridized carbons (Fsp3) is 0.267. The Hall–Kier alpha value is -3.21. The molecule has 0 aliphatic carbocycles. The van der Waals surface area contributed by atoms with E-state index in [0.29, 0.717) is 11.2 Å². The van der Waals surface area contributed by atoms with Crippen LogP contribution in [0.5, 0.6) is 0 Å². The van der Waals surface area contributed by atoms with E-state index in [9.17, 15) is 5.26 Å². The van der Waals surface area contributed by atoms with Crippen molar-refractivity contribution in [2.45, 2.75) is 0 Å². The van der Waals surface area contributed by atoms with Gasteiger partial charge in [0, 0.05) is 26.2 Å². The van der Waals surface area contributed by atoms with Crippen LogP contribution in [-0.2, 0) is 0 Å². The summed E-state index contributed by atoms with van der Waals surface area (Å²) in [6.45, 7) is 3.35. The predicted octanol–water partition coefficient (Wildman–Crippen LogP) is 0.718. The van der Waals surface area contributed by atoms with Gasteiger partial charge >= 0.3 is 0 Å². The van der Waals surface area contributed by atoms with Crippen molar-refractivity contribution in [2.24, 2.45) is 0 Å². The normalized spacial score (nSPS) is 14.9. The standard InChI is InChI=1S/C15H14N8/c16-11-12-3-1-2-4-13(12)21-7-9-22(10-8-21)15-6-5-14-17-19-20-23(14)18-15/h1-6H,7-10H2. The molecule has 1 fully saturated rings. The van der Waals surface area contributed by atoms with E-state index in [1.54, 1.807) is 0 Å². The van der Waals surface area contributed by atoms with Crippen LogP contribution in [0.2, 0.25) is 0 Å². The van der Waals surface area contributed by atoms with Gasteiger partial charge in [-0.15, -0.1) is 14.8 Å². The molecule has 2 aromatic heterocycles. The zero-order chi connectivity index (χ0) is 15.6. The molecule has 23 heavy (non-hydrogen) atoms. The van der Waals surface area contributed by atoms with E-state index in [4.69, 9.17) is 0 Å². The fourth-order valence-electron chi connectivity index (χ4n) is 2.83. The van der Waals surface area contributed by atoms with E-state index in [0.717, 1.165) is 37.7 Å². The van der Waals surface area contributed by atoms with Gasteiger partial charge in [0.2, 0.25) is 0 Å². The lowest BCUT2D eigenvalue weighted by atomic mass is 10.1. The number of rotatable bonds is 2. The highest BCUT2D eigenvalue weighted by molar-refractivity contribution is 5.60. The highest BCUT2D eigenvalue weighted by Crippen LogP contribution is 2.22. The lowest BCUT2D eigenvalue weighted by Gasteiger charge is -2.36. The Balaban J connectivity index is 1.51. The molecular formula is C15H14N8. The van der Waals surface area contributed by atoms with Crippen LogP contribution >= 0.6 is 0 Å². The van der Waals surface area contributed by atoms with Gasteiger partial charge in [-0.2, -0.15) is 5.26 Å². The van der Waals surface area contributed by atoms with Gasteiger partial charge < -0.3 is 9.80 Å². The van der Waals surface area contributed by atoms with Crippen LogP contribution in [0.3, 0.4) is 0 Å². The first-order valence-electron chi connectivity index (χ1n) is 7.39. The van der Waals surface area contributed by atoms with Crippen LogP contribution in [0.4, 0.5) is 11.5 Å². The molecule has 1 aromatic carbocycles. The summed E-state index contributed by atoms with van der Waals surface area (Å²) in [5.74, 6) is 0.859. The molecule has 1 aliphatic heterocycles. The maximum atomic E-state index is 9.24.